The number of nitrogens with zero attached hydrogens (tertiary/aromatic N) is 1. The van der Waals surface area contributed by atoms with Crippen molar-refractivity contribution in [1.29, 1.82) is 0 Å². The largest absolute Gasteiger partial charge is 0.466 e. The van der Waals surface area contributed by atoms with Crippen molar-refractivity contribution in [3.8, 4) is 11.5 Å². The highest BCUT2D eigenvalue weighted by Gasteiger charge is 2.09. The van der Waals surface area contributed by atoms with E-state index in [0.717, 1.165) is 11.1 Å². The van der Waals surface area contributed by atoms with Crippen LogP contribution in [0, 0.1) is 13.5 Å². The highest BCUT2D eigenvalue weighted by Crippen LogP contribution is 2.31. The summed E-state index contributed by atoms with van der Waals surface area (Å²) in [4.78, 5) is 14.9. The second-order valence-corrected chi connectivity index (χ2v) is 5.38. The van der Waals surface area contributed by atoms with Gasteiger partial charge in [-0.2, -0.15) is 0 Å². The monoisotopic (exact) mass is 329 g/mol. The zero-order valence-corrected chi connectivity index (χ0v) is 13.7. The van der Waals surface area contributed by atoms with Crippen LogP contribution in [0.1, 0.15) is 18.1 Å². The van der Waals surface area contributed by atoms with Crippen molar-refractivity contribution in [2.75, 3.05) is 6.61 Å². The number of aryl methyl sites for hydroxylation is 1. The van der Waals surface area contributed by atoms with Gasteiger partial charge in [-0.15, -0.1) is 0 Å². The first kappa shape index (κ1) is 16.9. The van der Waals surface area contributed by atoms with Crippen molar-refractivity contribution < 1.29 is 14.3 Å². The van der Waals surface area contributed by atoms with Crippen LogP contribution in [-0.2, 0) is 16.0 Å². The predicted molar refractivity (Wildman–Crippen MR) is 89.3 cm³/mol. The van der Waals surface area contributed by atoms with Crippen molar-refractivity contribution in [1.82, 2.24) is 0 Å². The van der Waals surface area contributed by atoms with Crippen LogP contribution in [0.3, 0.4) is 0 Å². The van der Waals surface area contributed by atoms with E-state index in [9.17, 15) is 4.79 Å². The number of hydrogen-bond donors (Lipinski definition) is 0. The van der Waals surface area contributed by atoms with Gasteiger partial charge in [0.05, 0.1) is 19.6 Å². The van der Waals surface area contributed by atoms with Crippen LogP contribution >= 0.6 is 11.6 Å². The van der Waals surface area contributed by atoms with E-state index in [-0.39, 0.29) is 12.4 Å². The number of carbonyl (C=O) groups is 1. The maximum atomic E-state index is 11.6. The molecule has 2 aromatic rings. The SMILES string of the molecule is [C-]#[N+]c1cc(Cl)cc(Oc2cc(CC(=O)OCC)ccc2C)c1. The Balaban J connectivity index is 2.24. The zero-order valence-electron chi connectivity index (χ0n) is 12.9. The number of carbonyl (C=O) groups excluding carboxylic acids is 1. The fourth-order valence-electron chi connectivity index (χ4n) is 2.04. The lowest BCUT2D eigenvalue weighted by Gasteiger charge is -2.11. The number of hydrogen-bond acceptors (Lipinski definition) is 3. The Morgan fingerprint density at radius 3 is 2.74 bits per heavy atom. The molecular formula is C18H16ClNO3. The minimum atomic E-state index is -0.277. The average molecular weight is 330 g/mol. The molecule has 0 atom stereocenters. The van der Waals surface area contributed by atoms with Crippen molar-refractivity contribution in [2.24, 2.45) is 0 Å². The number of halogens is 1. The third-order valence-electron chi connectivity index (χ3n) is 3.12. The van der Waals surface area contributed by atoms with Crippen LogP contribution in [0.2, 0.25) is 5.02 Å². The predicted octanol–water partition coefficient (Wildman–Crippen LogP) is 5.10. The summed E-state index contributed by atoms with van der Waals surface area (Å²) >= 11 is 5.99. The molecule has 0 aromatic heterocycles. The third-order valence-corrected chi connectivity index (χ3v) is 3.34. The molecule has 0 amide bonds. The molecule has 5 heteroatoms. The first-order valence-electron chi connectivity index (χ1n) is 7.13. The number of esters is 1. The Morgan fingerprint density at radius 1 is 1.26 bits per heavy atom. The first-order chi connectivity index (χ1) is 11.0. The number of benzene rings is 2. The number of rotatable bonds is 5. The topological polar surface area (TPSA) is 39.9 Å². The van der Waals surface area contributed by atoms with Gasteiger partial charge in [0.15, 0.2) is 5.69 Å². The van der Waals surface area contributed by atoms with Crippen LogP contribution in [0.5, 0.6) is 11.5 Å². The van der Waals surface area contributed by atoms with E-state index in [0.29, 0.717) is 28.8 Å². The van der Waals surface area contributed by atoms with E-state index in [4.69, 9.17) is 27.6 Å². The van der Waals surface area contributed by atoms with Crippen molar-refractivity contribution in [2.45, 2.75) is 20.3 Å². The van der Waals surface area contributed by atoms with Gasteiger partial charge in [-0.1, -0.05) is 23.7 Å². The molecule has 0 aliphatic rings. The smallest absolute Gasteiger partial charge is 0.310 e. The van der Waals surface area contributed by atoms with Gasteiger partial charge in [-0.25, -0.2) is 4.85 Å². The molecule has 0 saturated carbocycles. The fraction of sp³-hybridized carbons (Fsp3) is 0.222. The second-order valence-electron chi connectivity index (χ2n) is 4.94. The average Bonchev–Trinajstić information content (AvgIpc) is 2.50. The highest BCUT2D eigenvalue weighted by atomic mass is 35.5. The molecule has 0 heterocycles. The summed E-state index contributed by atoms with van der Waals surface area (Å²) < 4.78 is 10.8. The van der Waals surface area contributed by atoms with Crippen molar-refractivity contribution >= 4 is 23.3 Å². The summed E-state index contributed by atoms with van der Waals surface area (Å²) in [6.45, 7) is 11.1. The third kappa shape index (κ3) is 4.73. The number of ether oxygens (including phenoxy) is 2. The van der Waals surface area contributed by atoms with E-state index >= 15 is 0 Å². The molecule has 23 heavy (non-hydrogen) atoms. The summed E-state index contributed by atoms with van der Waals surface area (Å²) in [5.41, 5.74) is 2.13. The minimum absolute atomic E-state index is 0.188. The van der Waals surface area contributed by atoms with Gasteiger partial charge in [0.25, 0.3) is 0 Å². The summed E-state index contributed by atoms with van der Waals surface area (Å²) in [6.07, 6.45) is 0.188. The van der Waals surface area contributed by atoms with E-state index < -0.39 is 0 Å². The molecule has 0 aliphatic heterocycles. The van der Waals surface area contributed by atoms with Gasteiger partial charge in [0.2, 0.25) is 0 Å². The van der Waals surface area contributed by atoms with E-state index in [2.05, 4.69) is 4.85 Å². The Hall–Kier alpha value is -2.51. The molecule has 0 aliphatic carbocycles. The van der Waals surface area contributed by atoms with Gasteiger partial charge in [-0.3, -0.25) is 4.79 Å². The molecule has 2 rings (SSSR count). The molecule has 0 unspecified atom stereocenters. The second kappa shape index (κ2) is 7.66. The van der Waals surface area contributed by atoms with Gasteiger partial charge in [0, 0.05) is 5.02 Å². The molecular weight excluding hydrogens is 314 g/mol. The summed E-state index contributed by atoms with van der Waals surface area (Å²) in [7, 11) is 0. The summed E-state index contributed by atoms with van der Waals surface area (Å²) in [6, 6.07) is 10.4. The summed E-state index contributed by atoms with van der Waals surface area (Å²) in [5.74, 6) is 0.824. The Labute approximate surface area is 140 Å². The minimum Gasteiger partial charge on any atom is -0.466 e. The molecule has 118 valence electrons. The summed E-state index contributed by atoms with van der Waals surface area (Å²) in [5, 5.41) is 0.439. The molecule has 0 fully saturated rings. The molecule has 4 nitrogen and oxygen atoms in total. The lowest BCUT2D eigenvalue weighted by atomic mass is 10.1. The standard InChI is InChI=1S/C18H16ClNO3/c1-4-22-18(21)8-13-6-5-12(2)17(7-13)23-16-10-14(19)9-15(11-16)20-3/h5-7,9-11H,4,8H2,1-2H3. The normalized spacial score (nSPS) is 10.0. The lowest BCUT2D eigenvalue weighted by Crippen LogP contribution is -2.07. The molecule has 0 bridgehead atoms. The van der Waals surface area contributed by atoms with Crippen molar-refractivity contribution in [3.63, 3.8) is 0 Å². The maximum absolute atomic E-state index is 11.6. The zero-order chi connectivity index (χ0) is 16.8. The maximum Gasteiger partial charge on any atom is 0.310 e. The van der Waals surface area contributed by atoms with Gasteiger partial charge in [-0.05, 0) is 49.2 Å². The molecule has 0 saturated heterocycles. The van der Waals surface area contributed by atoms with Crippen LogP contribution in [0.15, 0.2) is 36.4 Å². The Bertz CT molecular complexity index is 765. The van der Waals surface area contributed by atoms with Crippen LogP contribution in [0.25, 0.3) is 4.85 Å². The molecule has 0 N–H and O–H groups in total. The molecule has 2 aromatic carbocycles. The lowest BCUT2D eigenvalue weighted by molar-refractivity contribution is -0.142. The van der Waals surface area contributed by atoms with Crippen LogP contribution in [0.4, 0.5) is 5.69 Å². The molecule has 0 radical (unpaired) electrons. The first-order valence-corrected chi connectivity index (χ1v) is 7.50. The van der Waals surface area contributed by atoms with E-state index in [1.165, 1.54) is 0 Å². The highest BCUT2D eigenvalue weighted by molar-refractivity contribution is 6.31. The van der Waals surface area contributed by atoms with E-state index in [1.807, 2.05) is 19.1 Å². The quantitative estimate of drug-likeness (QED) is 0.566. The Kier molecular flexibility index (Phi) is 5.61. The van der Waals surface area contributed by atoms with Crippen LogP contribution in [-0.4, -0.2) is 12.6 Å². The fourth-order valence-corrected chi connectivity index (χ4v) is 2.26. The van der Waals surface area contributed by atoms with Gasteiger partial charge < -0.3 is 9.47 Å². The van der Waals surface area contributed by atoms with Crippen LogP contribution < -0.4 is 4.74 Å². The Morgan fingerprint density at radius 2 is 2.04 bits per heavy atom. The van der Waals surface area contributed by atoms with Crippen molar-refractivity contribution in [3.05, 3.63) is 64.0 Å². The van der Waals surface area contributed by atoms with E-state index in [1.54, 1.807) is 31.2 Å². The van der Waals surface area contributed by atoms with Gasteiger partial charge >= 0.3 is 5.97 Å². The van der Waals surface area contributed by atoms with Gasteiger partial charge in [0.1, 0.15) is 11.5 Å². The molecule has 0 spiro atoms.